The molecule has 4 fully saturated rings. The Hall–Kier alpha value is -1.08. The normalized spacial score (nSPS) is 50.1. The second-order valence-electron chi connectivity index (χ2n) is 11.2. The van der Waals surface area contributed by atoms with E-state index in [0.29, 0.717) is 54.8 Å². The lowest BCUT2D eigenvalue weighted by atomic mass is 9.49. The van der Waals surface area contributed by atoms with Crippen LogP contribution >= 0.6 is 0 Å². The highest BCUT2D eigenvalue weighted by molar-refractivity contribution is 5.84. The summed E-state index contributed by atoms with van der Waals surface area (Å²) in [6.07, 6.45) is 8.97. The number of alkyl halides is 1. The molecular formula is C23H37FN4O2. The average molecular weight is 421 g/mol. The molecule has 2 N–H and O–H groups in total. The van der Waals surface area contributed by atoms with E-state index in [1.165, 1.54) is 12.8 Å². The zero-order valence-electron chi connectivity index (χ0n) is 18.4. The number of fused-ring (bicyclic) bond motifs is 5. The molecule has 168 valence electrons. The first kappa shape index (κ1) is 20.8. The molecule has 1 unspecified atom stereocenters. The molecule has 0 bridgehead atoms. The van der Waals surface area contributed by atoms with Gasteiger partial charge in [0.2, 0.25) is 0 Å². The summed E-state index contributed by atoms with van der Waals surface area (Å²) in [7, 11) is 0. The molecule has 9 atom stereocenters. The molecule has 30 heavy (non-hydrogen) atoms. The number of Topliss-reactive ketones (excluding diaryl/α,β-unsaturated/α-hetero) is 1. The van der Waals surface area contributed by atoms with E-state index in [1.807, 2.05) is 6.92 Å². The van der Waals surface area contributed by atoms with Gasteiger partial charge in [-0.15, -0.1) is 5.11 Å². The van der Waals surface area contributed by atoms with E-state index < -0.39 is 12.3 Å². The monoisotopic (exact) mass is 420 g/mol. The first-order valence-corrected chi connectivity index (χ1v) is 12.1. The Balaban J connectivity index is 1.27. The van der Waals surface area contributed by atoms with Crippen molar-refractivity contribution in [2.75, 3.05) is 13.2 Å². The number of hydrogen-bond acceptors (Lipinski definition) is 6. The molecule has 0 aromatic heterocycles. The van der Waals surface area contributed by atoms with Gasteiger partial charge in [0.1, 0.15) is 19.4 Å². The zero-order chi connectivity index (χ0) is 21.1. The largest absolute Gasteiger partial charge is 0.387 e. The number of ketones is 1. The van der Waals surface area contributed by atoms with Crippen LogP contribution in [-0.2, 0) is 4.79 Å². The van der Waals surface area contributed by atoms with E-state index in [4.69, 9.17) is 0 Å². The standard InChI is InChI=1S/C23H37FN4O2/c1-14-25-27-28(26-14)12-21(29)20-6-5-19-18-4-3-15-11-23(30,13-24)10-8-16(15)17(18)7-9-22(19,20)2/h14-20,26,30H,3-13H2,1-2H3/t14?,15-,16-,17+,18+,19-,20+,22-,23+/m0/s1. The summed E-state index contributed by atoms with van der Waals surface area (Å²) in [5, 5.41) is 20.2. The molecule has 6 nitrogen and oxygen atoms in total. The van der Waals surface area contributed by atoms with Crippen molar-refractivity contribution in [1.29, 1.82) is 0 Å². The van der Waals surface area contributed by atoms with E-state index in [9.17, 15) is 14.3 Å². The first-order valence-electron chi connectivity index (χ1n) is 12.1. The van der Waals surface area contributed by atoms with Gasteiger partial charge in [-0.3, -0.25) is 4.79 Å². The van der Waals surface area contributed by atoms with Gasteiger partial charge >= 0.3 is 0 Å². The van der Waals surface area contributed by atoms with Crippen molar-refractivity contribution in [2.45, 2.75) is 83.4 Å². The van der Waals surface area contributed by atoms with Gasteiger partial charge in [-0.2, -0.15) is 5.43 Å². The summed E-state index contributed by atoms with van der Waals surface area (Å²) in [5.74, 6) is 3.58. The number of aliphatic hydroxyl groups is 1. The Morgan fingerprint density at radius 3 is 2.67 bits per heavy atom. The molecule has 4 aliphatic carbocycles. The van der Waals surface area contributed by atoms with Crippen molar-refractivity contribution in [3.05, 3.63) is 0 Å². The fourth-order valence-corrected chi connectivity index (χ4v) is 8.35. The Bertz CT molecular complexity index is 719. The minimum absolute atomic E-state index is 0.0547. The van der Waals surface area contributed by atoms with Crippen LogP contribution in [0.25, 0.3) is 0 Å². The van der Waals surface area contributed by atoms with Gasteiger partial charge in [0, 0.05) is 5.92 Å². The Labute approximate surface area is 179 Å². The quantitative estimate of drug-likeness (QED) is 0.719. The summed E-state index contributed by atoms with van der Waals surface area (Å²) >= 11 is 0. The molecule has 5 aliphatic rings. The van der Waals surface area contributed by atoms with Crippen molar-refractivity contribution >= 4 is 5.78 Å². The second kappa shape index (κ2) is 7.51. The van der Waals surface area contributed by atoms with Gasteiger partial charge in [0.15, 0.2) is 5.78 Å². The molecule has 1 aliphatic heterocycles. The summed E-state index contributed by atoms with van der Waals surface area (Å²) < 4.78 is 13.4. The van der Waals surface area contributed by atoms with E-state index in [1.54, 1.807) is 5.12 Å². The van der Waals surface area contributed by atoms with E-state index in [-0.39, 0.29) is 17.5 Å². The lowest BCUT2D eigenvalue weighted by Crippen LogP contribution is -2.52. The third kappa shape index (κ3) is 3.31. The zero-order valence-corrected chi connectivity index (χ0v) is 18.4. The summed E-state index contributed by atoms with van der Waals surface area (Å²) in [6.45, 7) is 4.01. The maximum Gasteiger partial charge on any atom is 0.159 e. The molecule has 4 saturated carbocycles. The Morgan fingerprint density at radius 1 is 1.13 bits per heavy atom. The Kier molecular flexibility index (Phi) is 5.20. The average Bonchev–Trinajstić information content (AvgIpc) is 3.29. The molecule has 0 aromatic carbocycles. The number of carbonyl (C=O) groups is 1. The number of carbonyl (C=O) groups excluding carboxylic acids is 1. The number of nitrogens with zero attached hydrogens (tertiary/aromatic N) is 3. The van der Waals surface area contributed by atoms with Crippen LogP contribution in [0.4, 0.5) is 4.39 Å². The summed E-state index contributed by atoms with van der Waals surface area (Å²) in [5.41, 5.74) is 2.14. The van der Waals surface area contributed by atoms with Crippen molar-refractivity contribution in [3.8, 4) is 0 Å². The van der Waals surface area contributed by atoms with E-state index >= 15 is 0 Å². The smallest absolute Gasteiger partial charge is 0.159 e. The molecule has 1 heterocycles. The molecule has 0 saturated heterocycles. The van der Waals surface area contributed by atoms with Crippen LogP contribution < -0.4 is 5.43 Å². The van der Waals surface area contributed by atoms with Crippen LogP contribution in [0.3, 0.4) is 0 Å². The highest BCUT2D eigenvalue weighted by Crippen LogP contribution is 2.64. The Morgan fingerprint density at radius 2 is 1.93 bits per heavy atom. The van der Waals surface area contributed by atoms with Crippen molar-refractivity contribution in [1.82, 2.24) is 10.5 Å². The van der Waals surface area contributed by atoms with Crippen LogP contribution in [0.1, 0.15) is 71.6 Å². The third-order valence-corrected chi connectivity index (χ3v) is 9.72. The van der Waals surface area contributed by atoms with Crippen LogP contribution in [0.5, 0.6) is 0 Å². The fourth-order valence-electron chi connectivity index (χ4n) is 8.35. The number of nitrogens with one attached hydrogen (secondary N) is 1. The molecule has 0 amide bonds. The molecule has 7 heteroatoms. The van der Waals surface area contributed by atoms with Crippen molar-refractivity contribution in [3.63, 3.8) is 0 Å². The number of halogens is 1. The molecule has 0 radical (unpaired) electrons. The topological polar surface area (TPSA) is 77.3 Å². The minimum Gasteiger partial charge on any atom is -0.387 e. The number of hydrogen-bond donors (Lipinski definition) is 2. The van der Waals surface area contributed by atoms with Crippen molar-refractivity contribution < 1.29 is 14.3 Å². The van der Waals surface area contributed by atoms with Crippen molar-refractivity contribution in [2.24, 2.45) is 51.3 Å². The SMILES string of the molecule is CC1N=NN(CC(=O)[C@H]2CC[C@H]3[C@@H]4CC[C@H]5C[C@@](O)(CF)CC[C@@H]5[C@H]4CC[C@]23C)N1. The third-order valence-electron chi connectivity index (χ3n) is 9.72. The van der Waals surface area contributed by atoms with Gasteiger partial charge in [-0.25, -0.2) is 9.51 Å². The number of rotatable bonds is 4. The highest BCUT2D eigenvalue weighted by Gasteiger charge is 2.59. The maximum absolute atomic E-state index is 13.4. The second-order valence-corrected chi connectivity index (χ2v) is 11.2. The summed E-state index contributed by atoms with van der Waals surface area (Å²) in [4.78, 5) is 13.2. The minimum atomic E-state index is -1.07. The summed E-state index contributed by atoms with van der Waals surface area (Å²) in [6, 6.07) is 0. The van der Waals surface area contributed by atoms with Gasteiger partial charge in [-0.05, 0) is 99.7 Å². The van der Waals surface area contributed by atoms with Crippen LogP contribution in [0.2, 0.25) is 0 Å². The number of hydrazine groups is 1. The molecule has 5 rings (SSSR count). The van der Waals surface area contributed by atoms with Crippen LogP contribution in [0.15, 0.2) is 10.3 Å². The highest BCUT2D eigenvalue weighted by atomic mass is 19.1. The molecular weight excluding hydrogens is 383 g/mol. The van der Waals surface area contributed by atoms with Crippen LogP contribution in [0, 0.1) is 40.9 Å². The lowest BCUT2D eigenvalue weighted by molar-refractivity contribution is -0.135. The van der Waals surface area contributed by atoms with Gasteiger partial charge in [-0.1, -0.05) is 12.1 Å². The lowest BCUT2D eigenvalue weighted by Gasteiger charge is -2.57. The van der Waals surface area contributed by atoms with Gasteiger partial charge in [0.05, 0.1) is 5.60 Å². The maximum atomic E-state index is 13.4. The fraction of sp³-hybridized carbons (Fsp3) is 0.957. The molecule has 0 aromatic rings. The predicted octanol–water partition coefficient (Wildman–Crippen LogP) is 4.06. The molecule has 0 spiro atoms. The van der Waals surface area contributed by atoms with Crippen LogP contribution in [-0.4, -0.2) is 41.0 Å². The van der Waals surface area contributed by atoms with E-state index in [0.717, 1.165) is 32.1 Å². The first-order chi connectivity index (χ1) is 14.3. The van der Waals surface area contributed by atoms with E-state index in [2.05, 4.69) is 22.7 Å². The van der Waals surface area contributed by atoms with Gasteiger partial charge < -0.3 is 5.11 Å². The predicted molar refractivity (Wildman–Crippen MR) is 111 cm³/mol. The van der Waals surface area contributed by atoms with Gasteiger partial charge in [0.25, 0.3) is 0 Å².